The average Bonchev–Trinajstić information content (AvgIpc) is 2.59. The number of para-hydroxylation sites is 1. The van der Waals surface area contributed by atoms with Crippen molar-refractivity contribution in [3.63, 3.8) is 0 Å². The molecule has 0 spiro atoms. The monoisotopic (exact) mass is 174 g/mol. The molecule has 0 aliphatic heterocycles. The summed E-state index contributed by atoms with van der Waals surface area (Å²) in [5, 5.41) is 0. The van der Waals surface area contributed by atoms with Crippen LogP contribution in [-0.4, -0.2) is 9.97 Å². The summed E-state index contributed by atoms with van der Waals surface area (Å²) in [7, 11) is 0. The highest BCUT2D eigenvalue weighted by atomic mass is 14.9. The minimum atomic E-state index is 0.970. The maximum atomic E-state index is 4.55. The number of hydrogen-bond donors (Lipinski definition) is 1. The molecule has 0 unspecified atom stereocenters. The van der Waals surface area contributed by atoms with E-state index >= 15 is 0 Å². The Labute approximate surface area is 78.0 Å². The molecule has 2 nitrogen and oxygen atoms in total. The number of fused-ring (bicyclic) bond motifs is 1. The Kier molecular flexibility index (Phi) is 2.05. The van der Waals surface area contributed by atoms with Gasteiger partial charge in [0.1, 0.15) is 5.82 Å². The molecule has 1 N–H and O–H groups in total. The number of hydrogen-bond acceptors (Lipinski definition) is 1. The molecule has 0 radical (unpaired) electrons. The van der Waals surface area contributed by atoms with Crippen LogP contribution in [0.3, 0.4) is 0 Å². The van der Waals surface area contributed by atoms with Crippen LogP contribution in [0.1, 0.15) is 25.2 Å². The number of imidazole rings is 1. The topological polar surface area (TPSA) is 28.7 Å². The maximum absolute atomic E-state index is 4.55. The number of nitrogens with zero attached hydrogens (tertiary/aromatic N) is 1. The van der Waals surface area contributed by atoms with Crippen LogP contribution in [0.4, 0.5) is 0 Å². The van der Waals surface area contributed by atoms with Crippen LogP contribution in [0.25, 0.3) is 11.0 Å². The van der Waals surface area contributed by atoms with Crippen molar-refractivity contribution in [1.82, 2.24) is 9.97 Å². The van der Waals surface area contributed by atoms with E-state index in [2.05, 4.69) is 42.0 Å². The molecule has 0 saturated heterocycles. The Morgan fingerprint density at radius 1 is 1.23 bits per heavy atom. The van der Waals surface area contributed by atoms with Gasteiger partial charge in [0.25, 0.3) is 0 Å². The lowest BCUT2D eigenvalue weighted by Gasteiger charge is -1.95. The van der Waals surface area contributed by atoms with Crippen LogP contribution < -0.4 is 0 Å². The Hall–Kier alpha value is -1.31. The van der Waals surface area contributed by atoms with Gasteiger partial charge in [-0.15, -0.1) is 0 Å². The van der Waals surface area contributed by atoms with Crippen molar-refractivity contribution in [2.75, 3.05) is 0 Å². The van der Waals surface area contributed by atoms with Crippen molar-refractivity contribution < 1.29 is 0 Å². The summed E-state index contributed by atoms with van der Waals surface area (Å²) in [5.41, 5.74) is 3.63. The van der Waals surface area contributed by atoms with Gasteiger partial charge in [0, 0.05) is 6.42 Å². The molecule has 68 valence electrons. The Morgan fingerprint density at radius 3 is 2.77 bits per heavy atom. The van der Waals surface area contributed by atoms with Crippen molar-refractivity contribution in [2.24, 2.45) is 0 Å². The van der Waals surface area contributed by atoms with Gasteiger partial charge in [-0.1, -0.05) is 26.0 Å². The minimum Gasteiger partial charge on any atom is -0.342 e. The van der Waals surface area contributed by atoms with Gasteiger partial charge in [0.05, 0.1) is 11.0 Å². The van der Waals surface area contributed by atoms with Crippen molar-refractivity contribution in [1.29, 1.82) is 0 Å². The summed E-state index contributed by atoms with van der Waals surface area (Å²) in [6, 6.07) is 6.31. The first-order valence-electron chi connectivity index (χ1n) is 4.81. The number of H-pyrrole nitrogens is 1. The summed E-state index contributed by atoms with van der Waals surface area (Å²) in [6.45, 7) is 4.28. The molecule has 0 bridgehead atoms. The molecule has 13 heavy (non-hydrogen) atoms. The lowest BCUT2D eigenvalue weighted by molar-refractivity contribution is 0.998. The summed E-state index contributed by atoms with van der Waals surface area (Å²) in [6.07, 6.45) is 2.02. The van der Waals surface area contributed by atoms with E-state index < -0.39 is 0 Å². The second-order valence-corrected chi connectivity index (χ2v) is 3.20. The number of aromatic amines is 1. The zero-order valence-electron chi connectivity index (χ0n) is 8.09. The van der Waals surface area contributed by atoms with E-state index in [4.69, 9.17) is 0 Å². The molecule has 0 amide bonds. The van der Waals surface area contributed by atoms with Crippen molar-refractivity contribution in [3.05, 3.63) is 29.6 Å². The second kappa shape index (κ2) is 3.21. The molecule has 0 atom stereocenters. The van der Waals surface area contributed by atoms with E-state index in [1.165, 1.54) is 5.56 Å². The molecule has 1 aromatic carbocycles. The Balaban J connectivity index is 2.67. The van der Waals surface area contributed by atoms with Gasteiger partial charge in [-0.25, -0.2) is 4.98 Å². The van der Waals surface area contributed by atoms with Gasteiger partial charge >= 0.3 is 0 Å². The fourth-order valence-corrected chi connectivity index (χ4v) is 1.60. The number of benzene rings is 1. The number of aryl methyl sites for hydroxylation is 2. The molecule has 2 aromatic rings. The fraction of sp³-hybridized carbons (Fsp3) is 0.364. The number of aromatic nitrogens is 2. The van der Waals surface area contributed by atoms with Gasteiger partial charge in [0.15, 0.2) is 0 Å². The molecule has 2 heteroatoms. The summed E-state index contributed by atoms with van der Waals surface area (Å²) in [4.78, 5) is 7.86. The van der Waals surface area contributed by atoms with E-state index in [-0.39, 0.29) is 0 Å². The van der Waals surface area contributed by atoms with E-state index in [9.17, 15) is 0 Å². The smallest absolute Gasteiger partial charge is 0.106 e. The molecule has 2 rings (SSSR count). The first kappa shape index (κ1) is 8.30. The molecule has 1 aromatic heterocycles. The van der Waals surface area contributed by atoms with Gasteiger partial charge in [-0.05, 0) is 18.1 Å². The molecule has 0 aliphatic rings. The van der Waals surface area contributed by atoms with Gasteiger partial charge < -0.3 is 4.98 Å². The van der Waals surface area contributed by atoms with E-state index in [0.29, 0.717) is 0 Å². The molecule has 0 fully saturated rings. The van der Waals surface area contributed by atoms with Crippen LogP contribution in [0.2, 0.25) is 0 Å². The second-order valence-electron chi connectivity index (χ2n) is 3.20. The lowest BCUT2D eigenvalue weighted by Crippen LogP contribution is -1.82. The highest BCUT2D eigenvalue weighted by Gasteiger charge is 2.03. The van der Waals surface area contributed by atoms with Gasteiger partial charge in [0.2, 0.25) is 0 Å². The quantitative estimate of drug-likeness (QED) is 0.745. The minimum absolute atomic E-state index is 0.970. The van der Waals surface area contributed by atoms with Gasteiger partial charge in [-0.3, -0.25) is 0 Å². The molecular weight excluding hydrogens is 160 g/mol. The van der Waals surface area contributed by atoms with E-state index in [1.807, 2.05) is 0 Å². The largest absolute Gasteiger partial charge is 0.342 e. The van der Waals surface area contributed by atoms with Crippen LogP contribution in [0.5, 0.6) is 0 Å². The highest BCUT2D eigenvalue weighted by molar-refractivity contribution is 5.78. The fourth-order valence-electron chi connectivity index (χ4n) is 1.60. The molecule has 0 aliphatic carbocycles. The summed E-state index contributed by atoms with van der Waals surface area (Å²) < 4.78 is 0. The predicted octanol–water partition coefficient (Wildman–Crippen LogP) is 2.69. The third-order valence-corrected chi connectivity index (χ3v) is 2.36. The normalized spacial score (nSPS) is 10.9. The standard InChI is InChI=1S/C11H14N2/c1-3-8-6-5-7-9-11(8)13-10(4-2)12-9/h5-7H,3-4H2,1-2H3,(H,12,13). The molecular formula is C11H14N2. The molecule has 1 heterocycles. The predicted molar refractivity (Wildman–Crippen MR) is 54.8 cm³/mol. The number of nitrogens with one attached hydrogen (secondary N) is 1. The zero-order chi connectivity index (χ0) is 9.26. The van der Waals surface area contributed by atoms with Crippen molar-refractivity contribution in [3.8, 4) is 0 Å². The van der Waals surface area contributed by atoms with Crippen LogP contribution >= 0.6 is 0 Å². The number of rotatable bonds is 2. The van der Waals surface area contributed by atoms with Crippen LogP contribution in [0.15, 0.2) is 18.2 Å². The SMILES string of the molecule is CCc1nc2c(CC)cccc2[nH]1. The van der Waals surface area contributed by atoms with Crippen molar-refractivity contribution in [2.45, 2.75) is 26.7 Å². The van der Waals surface area contributed by atoms with E-state index in [0.717, 1.165) is 29.7 Å². The van der Waals surface area contributed by atoms with Crippen LogP contribution in [-0.2, 0) is 12.8 Å². The lowest BCUT2D eigenvalue weighted by atomic mass is 10.1. The first-order chi connectivity index (χ1) is 6.35. The zero-order valence-corrected chi connectivity index (χ0v) is 8.09. The van der Waals surface area contributed by atoms with Crippen LogP contribution in [0, 0.1) is 0 Å². The summed E-state index contributed by atoms with van der Waals surface area (Å²) in [5.74, 6) is 1.08. The first-order valence-corrected chi connectivity index (χ1v) is 4.81. The Bertz CT molecular complexity index is 415. The van der Waals surface area contributed by atoms with E-state index in [1.54, 1.807) is 0 Å². The van der Waals surface area contributed by atoms with Crippen molar-refractivity contribution >= 4 is 11.0 Å². The third kappa shape index (κ3) is 1.32. The summed E-state index contributed by atoms with van der Waals surface area (Å²) >= 11 is 0. The maximum Gasteiger partial charge on any atom is 0.106 e. The average molecular weight is 174 g/mol. The highest BCUT2D eigenvalue weighted by Crippen LogP contribution is 2.16. The third-order valence-electron chi connectivity index (χ3n) is 2.36. The molecule has 0 saturated carbocycles. The van der Waals surface area contributed by atoms with Gasteiger partial charge in [-0.2, -0.15) is 0 Å². The Morgan fingerprint density at radius 2 is 2.08 bits per heavy atom.